The maximum absolute atomic E-state index is 13.7. The zero-order valence-electron chi connectivity index (χ0n) is 26.2. The molecule has 2 unspecified atom stereocenters. The summed E-state index contributed by atoms with van der Waals surface area (Å²) in [6.45, 7) is 5.84. The van der Waals surface area contributed by atoms with Gasteiger partial charge in [0.2, 0.25) is 10.0 Å². The first-order valence-corrected chi connectivity index (χ1v) is 17.7. The Morgan fingerprint density at radius 1 is 1.02 bits per heavy atom. The van der Waals surface area contributed by atoms with E-state index in [9.17, 15) is 13.2 Å². The lowest BCUT2D eigenvalue weighted by molar-refractivity contribution is 0.0541. The van der Waals surface area contributed by atoms with E-state index in [0.29, 0.717) is 42.5 Å². The molecule has 2 atom stereocenters. The first-order chi connectivity index (χ1) is 20.6. The molecule has 1 amide bonds. The van der Waals surface area contributed by atoms with Crippen molar-refractivity contribution in [2.75, 3.05) is 58.5 Å². The molecule has 1 aliphatic carbocycles. The van der Waals surface area contributed by atoms with Crippen molar-refractivity contribution in [1.29, 1.82) is 0 Å². The summed E-state index contributed by atoms with van der Waals surface area (Å²) in [7, 11) is 0.0455. The molecule has 0 bridgehead atoms. The fourth-order valence-electron chi connectivity index (χ4n) is 7.18. The van der Waals surface area contributed by atoms with E-state index < -0.39 is 10.0 Å². The first kappa shape index (κ1) is 31.7. The van der Waals surface area contributed by atoms with Crippen LogP contribution in [0.3, 0.4) is 0 Å². The highest BCUT2D eigenvalue weighted by Crippen LogP contribution is 2.36. The number of hydrogen-bond acceptors (Lipinski definition) is 8. The lowest BCUT2D eigenvalue weighted by Gasteiger charge is -2.43. The number of likely N-dealkylation sites (tertiary alicyclic amines) is 2. The molecule has 236 valence electrons. The van der Waals surface area contributed by atoms with E-state index in [-0.39, 0.29) is 18.0 Å². The number of nitrogens with one attached hydrogen (secondary N) is 1. The van der Waals surface area contributed by atoms with Gasteiger partial charge in [0.05, 0.1) is 13.4 Å². The van der Waals surface area contributed by atoms with Gasteiger partial charge >= 0.3 is 6.01 Å². The number of sulfonamides is 1. The highest BCUT2D eigenvalue weighted by molar-refractivity contribution is 7.88. The van der Waals surface area contributed by atoms with Gasteiger partial charge in [0, 0.05) is 44.3 Å². The first-order valence-electron chi connectivity index (χ1n) is 15.8. The summed E-state index contributed by atoms with van der Waals surface area (Å²) in [4.78, 5) is 27.2. The molecule has 2 aromatic rings. The van der Waals surface area contributed by atoms with Crippen LogP contribution in [0.5, 0.6) is 6.01 Å². The molecule has 1 N–H and O–H groups in total. The van der Waals surface area contributed by atoms with Crippen LogP contribution in [0.15, 0.2) is 30.3 Å². The van der Waals surface area contributed by atoms with Gasteiger partial charge in [0.25, 0.3) is 5.91 Å². The van der Waals surface area contributed by atoms with Crippen LogP contribution >= 0.6 is 0 Å². The van der Waals surface area contributed by atoms with Crippen molar-refractivity contribution in [3.63, 3.8) is 0 Å². The van der Waals surface area contributed by atoms with E-state index in [1.54, 1.807) is 7.05 Å². The SMILES string of the molecule is COc1nc(NCC2CCCC(c3ccccc3)C2)c(C)c(C(=O)N2CCC(N3CCC(N(C)S(C)(=O)=O)CC3)CC2)n1. The van der Waals surface area contributed by atoms with Crippen LogP contribution in [0.25, 0.3) is 0 Å². The van der Waals surface area contributed by atoms with Gasteiger partial charge in [-0.3, -0.25) is 4.79 Å². The summed E-state index contributed by atoms with van der Waals surface area (Å²) in [6, 6.07) is 11.5. The zero-order valence-corrected chi connectivity index (χ0v) is 27.0. The summed E-state index contributed by atoms with van der Waals surface area (Å²) >= 11 is 0. The van der Waals surface area contributed by atoms with E-state index >= 15 is 0 Å². The van der Waals surface area contributed by atoms with E-state index in [0.717, 1.165) is 57.3 Å². The summed E-state index contributed by atoms with van der Waals surface area (Å²) in [5.41, 5.74) is 2.59. The number of benzene rings is 1. The molecule has 0 spiro atoms. The van der Waals surface area contributed by atoms with Crippen LogP contribution in [0.1, 0.15) is 78.9 Å². The van der Waals surface area contributed by atoms with Gasteiger partial charge in [-0.15, -0.1) is 0 Å². The van der Waals surface area contributed by atoms with E-state index in [2.05, 4.69) is 50.5 Å². The molecular weight excluding hydrogens is 564 g/mol. The predicted octanol–water partition coefficient (Wildman–Crippen LogP) is 4.14. The molecule has 11 heteroatoms. The normalized spacial score (nSPS) is 23.0. The lowest BCUT2D eigenvalue weighted by atomic mass is 9.78. The number of rotatable bonds is 9. The van der Waals surface area contributed by atoms with E-state index in [1.807, 2.05) is 11.8 Å². The minimum Gasteiger partial charge on any atom is -0.467 e. The fraction of sp³-hybridized carbons (Fsp3) is 0.656. The molecule has 3 aliphatic rings. The predicted molar refractivity (Wildman–Crippen MR) is 169 cm³/mol. The van der Waals surface area contributed by atoms with Crippen molar-refractivity contribution in [2.24, 2.45) is 5.92 Å². The summed E-state index contributed by atoms with van der Waals surface area (Å²) < 4.78 is 30.8. The second kappa shape index (κ2) is 13.9. The highest BCUT2D eigenvalue weighted by Gasteiger charge is 2.33. The lowest BCUT2D eigenvalue weighted by Crippen LogP contribution is -2.52. The maximum Gasteiger partial charge on any atom is 0.318 e. The largest absolute Gasteiger partial charge is 0.467 e. The van der Waals surface area contributed by atoms with Gasteiger partial charge < -0.3 is 19.9 Å². The number of hydrogen-bond donors (Lipinski definition) is 1. The third-order valence-corrected chi connectivity index (χ3v) is 11.3. The molecule has 0 radical (unpaired) electrons. The molecule has 10 nitrogen and oxygen atoms in total. The Labute approximate surface area is 257 Å². The smallest absolute Gasteiger partial charge is 0.318 e. The molecule has 3 fully saturated rings. The molecule has 1 aromatic carbocycles. The minimum atomic E-state index is -3.18. The number of carbonyl (C=O) groups excluding carboxylic acids is 1. The number of ether oxygens (including phenoxy) is 1. The van der Waals surface area contributed by atoms with Gasteiger partial charge in [-0.05, 0) is 82.4 Å². The van der Waals surface area contributed by atoms with Gasteiger partial charge in [-0.1, -0.05) is 36.8 Å². The standard InChI is InChI=1S/C32H48N6O4S/c1-23-29(31(39)38-19-15-28(16-20-38)37-17-13-27(14-18-37)36(2)43(4,40)41)34-32(42-3)35-30(23)33-22-24-9-8-12-26(21-24)25-10-6-5-7-11-25/h5-7,10-11,24,26-28H,8-9,12-22H2,1-4H3,(H,33,34,35). The highest BCUT2D eigenvalue weighted by atomic mass is 32.2. The number of aromatic nitrogens is 2. The molecule has 43 heavy (non-hydrogen) atoms. The quantitative estimate of drug-likeness (QED) is 0.450. The molecule has 2 saturated heterocycles. The molecule has 3 heterocycles. The molecular formula is C32H48N6O4S. The number of anilines is 1. The van der Waals surface area contributed by atoms with Crippen LogP contribution in [0, 0.1) is 12.8 Å². The Balaban J connectivity index is 1.17. The number of methoxy groups -OCH3 is 1. The van der Waals surface area contributed by atoms with Crippen LogP contribution in [0.2, 0.25) is 0 Å². The second-order valence-electron chi connectivity index (χ2n) is 12.6. The van der Waals surface area contributed by atoms with Gasteiger partial charge in [-0.2, -0.15) is 9.97 Å². The molecule has 1 saturated carbocycles. The second-order valence-corrected chi connectivity index (χ2v) is 14.7. The van der Waals surface area contributed by atoms with E-state index in [4.69, 9.17) is 4.74 Å². The number of piperidine rings is 2. The van der Waals surface area contributed by atoms with Crippen LogP contribution in [0.4, 0.5) is 5.82 Å². The van der Waals surface area contributed by atoms with Gasteiger partial charge in [0.15, 0.2) is 0 Å². The Morgan fingerprint density at radius 3 is 2.37 bits per heavy atom. The summed E-state index contributed by atoms with van der Waals surface area (Å²) in [6.07, 6.45) is 9.53. The van der Waals surface area contributed by atoms with Crippen molar-refractivity contribution in [3.8, 4) is 6.01 Å². The summed E-state index contributed by atoms with van der Waals surface area (Å²) in [5, 5.41) is 3.55. The van der Waals surface area contributed by atoms with Gasteiger partial charge in [0.1, 0.15) is 11.5 Å². The Morgan fingerprint density at radius 2 is 1.72 bits per heavy atom. The Hall–Kier alpha value is -2.76. The Kier molecular flexibility index (Phi) is 10.2. The zero-order chi connectivity index (χ0) is 30.6. The molecule has 2 aliphatic heterocycles. The minimum absolute atomic E-state index is 0.0647. The van der Waals surface area contributed by atoms with Crippen molar-refractivity contribution in [1.82, 2.24) is 24.1 Å². The number of nitrogens with zero attached hydrogens (tertiary/aromatic N) is 5. The summed E-state index contributed by atoms with van der Waals surface area (Å²) in [5.74, 6) is 1.72. The number of carbonyl (C=O) groups is 1. The van der Waals surface area contributed by atoms with Crippen molar-refractivity contribution >= 4 is 21.7 Å². The van der Waals surface area contributed by atoms with Crippen LogP contribution in [-0.2, 0) is 10.0 Å². The number of amides is 1. The average molecular weight is 613 g/mol. The average Bonchev–Trinajstić information content (AvgIpc) is 3.04. The van der Waals surface area contributed by atoms with Crippen LogP contribution < -0.4 is 10.1 Å². The van der Waals surface area contributed by atoms with Crippen molar-refractivity contribution in [3.05, 3.63) is 47.2 Å². The maximum atomic E-state index is 13.7. The van der Waals surface area contributed by atoms with Gasteiger partial charge in [-0.25, -0.2) is 12.7 Å². The van der Waals surface area contributed by atoms with E-state index in [1.165, 1.54) is 42.5 Å². The third kappa shape index (κ3) is 7.67. The molecule has 1 aromatic heterocycles. The fourth-order valence-corrected chi connectivity index (χ4v) is 7.93. The third-order valence-electron chi connectivity index (χ3n) is 9.93. The monoisotopic (exact) mass is 612 g/mol. The van der Waals surface area contributed by atoms with Crippen molar-refractivity contribution in [2.45, 2.75) is 76.3 Å². The molecule has 5 rings (SSSR count). The Bertz CT molecular complexity index is 1340. The topological polar surface area (TPSA) is 108 Å². The van der Waals surface area contributed by atoms with Crippen LogP contribution in [-0.4, -0.2) is 104 Å². The van der Waals surface area contributed by atoms with Crippen molar-refractivity contribution < 1.29 is 17.9 Å².